The van der Waals surface area contributed by atoms with Gasteiger partial charge < -0.3 is 9.88 Å². The average molecular weight is 378 g/mol. The van der Waals surface area contributed by atoms with Crippen LogP contribution in [0.2, 0.25) is 0 Å². The molecule has 0 aliphatic carbocycles. The fraction of sp³-hybridized carbons (Fsp3) is 0.158. The van der Waals surface area contributed by atoms with Crippen LogP contribution in [-0.2, 0) is 7.05 Å². The Morgan fingerprint density at radius 1 is 1.26 bits per heavy atom. The van der Waals surface area contributed by atoms with E-state index in [0.29, 0.717) is 11.7 Å². The fourth-order valence-electron chi connectivity index (χ4n) is 2.88. The Labute approximate surface area is 160 Å². The van der Waals surface area contributed by atoms with Crippen molar-refractivity contribution in [1.82, 2.24) is 24.8 Å². The van der Waals surface area contributed by atoms with Crippen molar-refractivity contribution in [1.29, 1.82) is 0 Å². The minimum absolute atomic E-state index is 0.261. The van der Waals surface area contributed by atoms with Crippen LogP contribution in [0, 0.1) is 0 Å². The largest absolute Gasteiger partial charge is 0.338 e. The molecule has 3 aromatic heterocycles. The van der Waals surface area contributed by atoms with Crippen molar-refractivity contribution >= 4 is 32.7 Å². The molecule has 0 saturated heterocycles. The SMILES string of the molecule is CCNC(=O)Nc1nc2cc(-c3cccnc3)cc(-c3nccn3C)c2s1. The molecule has 2 amide bonds. The number of fused-ring (bicyclic) bond motifs is 1. The third-order valence-electron chi connectivity index (χ3n) is 4.10. The number of hydrogen-bond donors (Lipinski definition) is 2. The number of nitrogens with zero attached hydrogens (tertiary/aromatic N) is 4. The van der Waals surface area contributed by atoms with Gasteiger partial charge in [0.05, 0.1) is 10.2 Å². The van der Waals surface area contributed by atoms with Gasteiger partial charge >= 0.3 is 6.03 Å². The lowest BCUT2D eigenvalue weighted by Gasteiger charge is -2.07. The first kappa shape index (κ1) is 17.2. The Bertz CT molecular complexity index is 1100. The molecule has 0 radical (unpaired) electrons. The van der Waals surface area contributed by atoms with Gasteiger partial charge in [-0.25, -0.2) is 14.8 Å². The summed E-state index contributed by atoms with van der Waals surface area (Å²) >= 11 is 1.44. The normalized spacial score (nSPS) is 10.9. The second kappa shape index (κ2) is 7.16. The van der Waals surface area contributed by atoms with Gasteiger partial charge in [-0.3, -0.25) is 10.3 Å². The molecule has 0 spiro atoms. The zero-order valence-electron chi connectivity index (χ0n) is 14.9. The van der Waals surface area contributed by atoms with E-state index in [1.807, 2.05) is 49.1 Å². The van der Waals surface area contributed by atoms with Gasteiger partial charge in [0, 0.05) is 49.5 Å². The maximum atomic E-state index is 11.9. The number of benzene rings is 1. The van der Waals surface area contributed by atoms with E-state index in [4.69, 9.17) is 0 Å². The summed E-state index contributed by atoms with van der Waals surface area (Å²) in [7, 11) is 1.96. The number of aryl methyl sites for hydroxylation is 1. The first-order valence-corrected chi connectivity index (χ1v) is 9.35. The Kier molecular flexibility index (Phi) is 4.55. The van der Waals surface area contributed by atoms with Crippen molar-refractivity contribution in [3.63, 3.8) is 0 Å². The molecular formula is C19H18N6OS. The molecule has 136 valence electrons. The second-order valence-electron chi connectivity index (χ2n) is 5.98. The van der Waals surface area contributed by atoms with Crippen LogP contribution in [0.3, 0.4) is 0 Å². The highest BCUT2D eigenvalue weighted by molar-refractivity contribution is 7.22. The molecule has 2 N–H and O–H groups in total. The molecule has 0 atom stereocenters. The number of carbonyl (C=O) groups excluding carboxylic acids is 1. The van der Waals surface area contributed by atoms with E-state index in [9.17, 15) is 4.79 Å². The van der Waals surface area contributed by atoms with E-state index in [2.05, 4.69) is 31.7 Å². The highest BCUT2D eigenvalue weighted by Gasteiger charge is 2.16. The van der Waals surface area contributed by atoms with Crippen LogP contribution in [0.1, 0.15) is 6.92 Å². The molecule has 0 aliphatic heterocycles. The van der Waals surface area contributed by atoms with Crippen molar-refractivity contribution in [2.45, 2.75) is 6.92 Å². The van der Waals surface area contributed by atoms with Crippen LogP contribution in [0.25, 0.3) is 32.7 Å². The van der Waals surface area contributed by atoms with E-state index in [0.717, 1.165) is 32.7 Å². The number of imidazole rings is 1. The fourth-order valence-corrected chi connectivity index (χ4v) is 3.83. The number of anilines is 1. The summed E-state index contributed by atoms with van der Waals surface area (Å²) in [5.74, 6) is 0.846. The zero-order chi connectivity index (χ0) is 18.8. The maximum absolute atomic E-state index is 11.9. The summed E-state index contributed by atoms with van der Waals surface area (Å²) < 4.78 is 2.95. The van der Waals surface area contributed by atoms with E-state index >= 15 is 0 Å². The number of rotatable bonds is 4. The molecule has 3 heterocycles. The number of thiazole rings is 1. The molecular weight excluding hydrogens is 360 g/mol. The minimum Gasteiger partial charge on any atom is -0.338 e. The monoisotopic (exact) mass is 378 g/mol. The van der Waals surface area contributed by atoms with Crippen molar-refractivity contribution in [2.75, 3.05) is 11.9 Å². The summed E-state index contributed by atoms with van der Waals surface area (Å²) in [6, 6.07) is 7.76. The van der Waals surface area contributed by atoms with E-state index in [1.54, 1.807) is 12.4 Å². The number of urea groups is 1. The minimum atomic E-state index is -0.261. The van der Waals surface area contributed by atoms with Crippen LogP contribution in [0.15, 0.2) is 49.1 Å². The number of amides is 2. The number of nitrogens with one attached hydrogen (secondary N) is 2. The van der Waals surface area contributed by atoms with Crippen LogP contribution in [0.5, 0.6) is 0 Å². The molecule has 4 aromatic rings. The quantitative estimate of drug-likeness (QED) is 0.564. The Morgan fingerprint density at radius 2 is 2.15 bits per heavy atom. The molecule has 27 heavy (non-hydrogen) atoms. The molecule has 4 rings (SSSR count). The topological polar surface area (TPSA) is 84.7 Å². The number of aromatic nitrogens is 4. The standard InChI is InChI=1S/C19H18N6OS/c1-3-21-18(26)24-19-23-15-10-13(12-5-4-6-20-11-12)9-14(16(15)27-19)17-22-7-8-25(17)2/h4-11H,3H2,1-2H3,(H2,21,23,24,26). The van der Waals surface area contributed by atoms with E-state index in [-0.39, 0.29) is 6.03 Å². The van der Waals surface area contributed by atoms with Gasteiger partial charge in [0.25, 0.3) is 0 Å². The van der Waals surface area contributed by atoms with Crippen molar-refractivity contribution < 1.29 is 4.79 Å². The average Bonchev–Trinajstić information content (AvgIpc) is 3.27. The Morgan fingerprint density at radius 3 is 2.85 bits per heavy atom. The van der Waals surface area contributed by atoms with E-state index in [1.165, 1.54) is 11.3 Å². The molecule has 7 nitrogen and oxygen atoms in total. The summed E-state index contributed by atoms with van der Waals surface area (Å²) in [6.45, 7) is 2.43. The molecule has 0 saturated carbocycles. The lowest BCUT2D eigenvalue weighted by Crippen LogP contribution is -2.28. The van der Waals surface area contributed by atoms with Crippen molar-refractivity contribution in [3.05, 3.63) is 49.1 Å². The Balaban J connectivity index is 1.88. The van der Waals surface area contributed by atoms with Gasteiger partial charge in [-0.05, 0) is 30.7 Å². The van der Waals surface area contributed by atoms with Crippen molar-refractivity contribution in [3.8, 4) is 22.5 Å². The van der Waals surface area contributed by atoms with Gasteiger partial charge in [-0.15, -0.1) is 0 Å². The predicted octanol–water partition coefficient (Wildman–Crippen LogP) is 3.90. The molecule has 0 bridgehead atoms. The zero-order valence-corrected chi connectivity index (χ0v) is 15.7. The molecule has 0 unspecified atom stereocenters. The third-order valence-corrected chi connectivity index (χ3v) is 5.12. The van der Waals surface area contributed by atoms with Crippen LogP contribution >= 0.6 is 11.3 Å². The van der Waals surface area contributed by atoms with Gasteiger partial charge in [-0.2, -0.15) is 0 Å². The number of pyridine rings is 1. The lowest BCUT2D eigenvalue weighted by molar-refractivity contribution is 0.252. The highest BCUT2D eigenvalue weighted by Crippen LogP contribution is 2.37. The highest BCUT2D eigenvalue weighted by atomic mass is 32.1. The summed E-state index contributed by atoms with van der Waals surface area (Å²) in [4.78, 5) is 25.2. The third kappa shape index (κ3) is 3.39. The van der Waals surface area contributed by atoms with Crippen LogP contribution in [0.4, 0.5) is 9.93 Å². The first-order chi connectivity index (χ1) is 13.2. The second-order valence-corrected chi connectivity index (χ2v) is 6.98. The molecule has 8 heteroatoms. The molecule has 0 aliphatic rings. The number of hydrogen-bond acceptors (Lipinski definition) is 5. The van der Waals surface area contributed by atoms with Gasteiger partial charge in [0.2, 0.25) is 0 Å². The molecule has 1 aromatic carbocycles. The summed E-state index contributed by atoms with van der Waals surface area (Å²) in [6.07, 6.45) is 7.25. The van der Waals surface area contributed by atoms with Crippen LogP contribution < -0.4 is 10.6 Å². The van der Waals surface area contributed by atoms with Crippen LogP contribution in [-0.4, -0.2) is 32.1 Å². The smallest absolute Gasteiger partial charge is 0.321 e. The van der Waals surface area contributed by atoms with Gasteiger partial charge in [0.1, 0.15) is 5.82 Å². The summed E-state index contributed by atoms with van der Waals surface area (Å²) in [5.41, 5.74) is 3.79. The van der Waals surface area contributed by atoms with Gasteiger partial charge in [0.15, 0.2) is 5.13 Å². The Hall–Kier alpha value is -3.26. The van der Waals surface area contributed by atoms with Gasteiger partial charge in [-0.1, -0.05) is 17.4 Å². The summed E-state index contributed by atoms with van der Waals surface area (Å²) in [5, 5.41) is 6.07. The lowest BCUT2D eigenvalue weighted by atomic mass is 10.0. The van der Waals surface area contributed by atoms with Crippen molar-refractivity contribution in [2.24, 2.45) is 7.05 Å². The molecule has 0 fully saturated rings. The van der Waals surface area contributed by atoms with E-state index < -0.39 is 0 Å². The maximum Gasteiger partial charge on any atom is 0.321 e. The predicted molar refractivity (Wildman–Crippen MR) is 108 cm³/mol. The first-order valence-electron chi connectivity index (χ1n) is 8.53. The number of carbonyl (C=O) groups is 1.